The zero-order valence-corrected chi connectivity index (χ0v) is 30.1. The van der Waals surface area contributed by atoms with Gasteiger partial charge in [-0.15, -0.1) is 0 Å². The van der Waals surface area contributed by atoms with Crippen LogP contribution in [0.2, 0.25) is 5.02 Å². The molecule has 2 fully saturated rings. The van der Waals surface area contributed by atoms with E-state index in [1.54, 1.807) is 43.0 Å². The molecule has 0 radical (unpaired) electrons. The van der Waals surface area contributed by atoms with Crippen molar-refractivity contribution in [3.63, 3.8) is 0 Å². The Morgan fingerprint density at radius 3 is 2.64 bits per heavy atom. The van der Waals surface area contributed by atoms with Crippen molar-refractivity contribution in [2.24, 2.45) is 0 Å². The number of aromatic hydroxyl groups is 1. The Balaban J connectivity index is 1.27. The summed E-state index contributed by atoms with van der Waals surface area (Å²) in [5.74, 6) is 11.0. The van der Waals surface area contributed by atoms with Crippen LogP contribution in [0.3, 0.4) is 0 Å². The molecule has 6 N–H and O–H groups in total. The van der Waals surface area contributed by atoms with Crippen molar-refractivity contribution in [1.29, 1.82) is 0 Å². The van der Waals surface area contributed by atoms with Gasteiger partial charge >= 0.3 is 0 Å². The highest BCUT2D eigenvalue weighted by molar-refractivity contribution is 6.33. The molecule has 0 aromatic heterocycles. The molecular formula is C39H39ClN2O11. The Kier molecular flexibility index (Phi) is 9.50. The van der Waals surface area contributed by atoms with E-state index in [1.807, 2.05) is 0 Å². The zero-order valence-electron chi connectivity index (χ0n) is 29.3. The SMILES string of the molecule is COc1ccc2c(Cl)c1O[C@H]1C#C/C=C(\C#CC3=CC[C@H](O)[C@@]31O[C@@H]1OC[C@@H](NC(=O)c3c(C)ccc(C)c3O)[C@@](C)(O)[C@H]1O)C1CN1C(=O)C[C@@H]2O. The number of nitrogens with one attached hydrogen (secondary N) is 1. The van der Waals surface area contributed by atoms with Crippen molar-refractivity contribution in [3.05, 3.63) is 74.8 Å². The molecule has 278 valence electrons. The van der Waals surface area contributed by atoms with Crippen LogP contribution in [0, 0.1) is 37.5 Å². The van der Waals surface area contributed by atoms with Gasteiger partial charge in [-0.2, -0.15) is 0 Å². The van der Waals surface area contributed by atoms with Gasteiger partial charge in [-0.3, -0.25) is 9.59 Å². The fourth-order valence-corrected chi connectivity index (χ4v) is 7.51. The molecular weight excluding hydrogens is 708 g/mol. The number of phenolic OH excluding ortho intramolecular Hbond substituents is 1. The summed E-state index contributed by atoms with van der Waals surface area (Å²) < 4.78 is 24.6. The molecule has 13 nitrogen and oxygen atoms in total. The molecule has 4 bridgehead atoms. The minimum absolute atomic E-state index is 0.0202. The molecule has 0 spiro atoms. The van der Waals surface area contributed by atoms with E-state index in [-0.39, 0.29) is 64.3 Å². The van der Waals surface area contributed by atoms with Crippen LogP contribution in [0.15, 0.2) is 47.6 Å². The molecule has 7 rings (SSSR count). The van der Waals surface area contributed by atoms with Crippen molar-refractivity contribution >= 4 is 23.4 Å². The lowest BCUT2D eigenvalue weighted by Crippen LogP contribution is -2.69. The predicted molar refractivity (Wildman–Crippen MR) is 189 cm³/mol. The highest BCUT2D eigenvalue weighted by Gasteiger charge is 2.59. The van der Waals surface area contributed by atoms with Crippen molar-refractivity contribution < 1.29 is 54.1 Å². The van der Waals surface area contributed by atoms with E-state index in [4.69, 9.17) is 30.5 Å². The summed E-state index contributed by atoms with van der Waals surface area (Å²) in [5, 5.41) is 59.6. The number of amides is 2. The number of nitrogens with zero attached hydrogens (tertiary/aromatic N) is 1. The maximum Gasteiger partial charge on any atom is 0.255 e. The van der Waals surface area contributed by atoms with E-state index < -0.39 is 59.9 Å². The first kappa shape index (κ1) is 36.8. The van der Waals surface area contributed by atoms with Gasteiger partial charge in [-0.25, -0.2) is 0 Å². The molecule has 2 aromatic rings. The molecule has 2 saturated heterocycles. The van der Waals surface area contributed by atoms with Crippen molar-refractivity contribution in [3.8, 4) is 40.9 Å². The second kappa shape index (κ2) is 13.7. The summed E-state index contributed by atoms with van der Waals surface area (Å²) in [4.78, 5) is 28.1. The van der Waals surface area contributed by atoms with Gasteiger partial charge in [-0.1, -0.05) is 59.6 Å². The number of hydrogen-bond acceptors (Lipinski definition) is 11. The number of aliphatic hydroxyl groups is 4. The smallest absolute Gasteiger partial charge is 0.255 e. The number of carbonyl (C=O) groups is 2. The largest absolute Gasteiger partial charge is 0.507 e. The molecule has 2 aromatic carbocycles. The minimum Gasteiger partial charge on any atom is -0.507 e. The van der Waals surface area contributed by atoms with Crippen molar-refractivity contribution in [2.45, 2.75) is 87.6 Å². The van der Waals surface area contributed by atoms with Crippen molar-refractivity contribution in [1.82, 2.24) is 10.2 Å². The molecule has 2 aliphatic carbocycles. The predicted octanol–water partition coefficient (Wildman–Crippen LogP) is 1.73. The Hall–Kier alpha value is -4.57. The maximum atomic E-state index is 13.4. The number of methoxy groups -OCH3 is 1. The number of benzene rings is 2. The average Bonchev–Trinajstić information content (AvgIpc) is 3.84. The van der Waals surface area contributed by atoms with Crippen LogP contribution in [0.25, 0.3) is 0 Å². The number of hydrogen-bond donors (Lipinski definition) is 6. The number of fused-ring (bicyclic) bond motifs is 8. The molecule has 1 unspecified atom stereocenters. The first-order valence-corrected chi connectivity index (χ1v) is 17.5. The van der Waals surface area contributed by atoms with Gasteiger partial charge in [0.1, 0.15) is 17.5 Å². The highest BCUT2D eigenvalue weighted by Crippen LogP contribution is 2.47. The summed E-state index contributed by atoms with van der Waals surface area (Å²) in [7, 11) is 1.39. The van der Waals surface area contributed by atoms with Gasteiger partial charge in [0.25, 0.3) is 5.91 Å². The molecule has 5 aliphatic rings. The molecule has 0 saturated carbocycles. The monoisotopic (exact) mass is 746 g/mol. The summed E-state index contributed by atoms with van der Waals surface area (Å²) in [5.41, 5.74) is -2.07. The number of rotatable bonds is 5. The minimum atomic E-state index is -2.06. The topological polar surface area (TPSA) is 187 Å². The van der Waals surface area contributed by atoms with Gasteiger partial charge < -0.3 is 54.7 Å². The average molecular weight is 747 g/mol. The fraction of sp³-hybridized carbons (Fsp3) is 0.436. The fourth-order valence-electron chi connectivity index (χ4n) is 7.18. The third-order valence-corrected chi connectivity index (χ3v) is 11.0. The number of aliphatic hydroxyl groups excluding tert-OH is 3. The standard InChI is InChI=1S/C39H39ClN2O11/c1-19-8-9-20(2)33(46)31(19)36(48)41-27-18-51-37(35(47)38(27,3)49)53-39-22(12-15-28(39)44)11-10-21-6-5-7-29(39)52-34-26(50-4)14-13-23(32(34)40)25(43)16-30(45)42-17-24(21)42/h6,8-9,12-14,24-25,27-29,35,37,43-44,46-47,49H,15-18H2,1-4H3,(H,41,48)/b21-6+/t24?,25-,27+,28-,29-,35-,37-,38+,39-,42?/m0/s1. The van der Waals surface area contributed by atoms with Gasteiger partial charge in [-0.05, 0) is 44.4 Å². The lowest BCUT2D eigenvalue weighted by atomic mass is 9.84. The number of ether oxygens (including phenoxy) is 4. The molecule has 53 heavy (non-hydrogen) atoms. The molecule has 9 atom stereocenters. The first-order valence-electron chi connectivity index (χ1n) is 17.1. The van der Waals surface area contributed by atoms with E-state index in [2.05, 4.69) is 29.0 Å². The van der Waals surface area contributed by atoms with E-state index in [9.17, 15) is 35.1 Å². The van der Waals surface area contributed by atoms with Crippen LogP contribution >= 0.6 is 11.6 Å². The Labute approximate surface area is 310 Å². The molecule has 2 amide bonds. The molecule has 3 heterocycles. The lowest BCUT2D eigenvalue weighted by molar-refractivity contribution is -0.316. The van der Waals surface area contributed by atoms with Gasteiger partial charge in [0, 0.05) is 29.3 Å². The van der Waals surface area contributed by atoms with Crippen LogP contribution < -0.4 is 14.8 Å². The number of aryl methyl sites for hydroxylation is 2. The highest BCUT2D eigenvalue weighted by atomic mass is 35.5. The van der Waals surface area contributed by atoms with Crippen molar-refractivity contribution in [2.75, 3.05) is 20.3 Å². The maximum absolute atomic E-state index is 13.4. The summed E-state index contributed by atoms with van der Waals surface area (Å²) in [6.07, 6.45) is -4.56. The van der Waals surface area contributed by atoms with Crippen LogP contribution in [-0.4, -0.2) is 110 Å². The molecule has 14 heteroatoms. The lowest BCUT2D eigenvalue weighted by Gasteiger charge is -2.48. The number of allylic oxidation sites excluding steroid dienone is 1. The van der Waals surface area contributed by atoms with Crippen LogP contribution in [-0.2, 0) is 14.3 Å². The quantitative estimate of drug-likeness (QED) is 0.193. The Morgan fingerprint density at radius 2 is 1.89 bits per heavy atom. The van der Waals surface area contributed by atoms with E-state index in [1.165, 1.54) is 26.2 Å². The summed E-state index contributed by atoms with van der Waals surface area (Å²) >= 11 is 6.86. The summed E-state index contributed by atoms with van der Waals surface area (Å²) in [6.45, 7) is 4.63. The van der Waals surface area contributed by atoms with Crippen LogP contribution in [0.1, 0.15) is 52.9 Å². The Morgan fingerprint density at radius 1 is 1.13 bits per heavy atom. The third-order valence-electron chi connectivity index (χ3n) is 10.6. The first-order chi connectivity index (χ1) is 25.2. The second-order valence-electron chi connectivity index (χ2n) is 14.0. The number of halogens is 1. The van der Waals surface area contributed by atoms with E-state index >= 15 is 0 Å². The van der Waals surface area contributed by atoms with Gasteiger partial charge in [0.15, 0.2) is 29.5 Å². The second-order valence-corrected chi connectivity index (χ2v) is 14.4. The normalized spacial score (nSPS) is 33.8. The third kappa shape index (κ3) is 6.22. The Bertz CT molecular complexity index is 2070. The zero-order chi connectivity index (χ0) is 38.0. The number of carbonyl (C=O) groups excluding carboxylic acids is 2. The van der Waals surface area contributed by atoms with Crippen LogP contribution in [0.5, 0.6) is 17.2 Å². The van der Waals surface area contributed by atoms with Gasteiger partial charge in [0.05, 0.1) is 55.0 Å². The van der Waals surface area contributed by atoms with E-state index in [0.29, 0.717) is 23.2 Å². The van der Waals surface area contributed by atoms with Crippen LogP contribution in [0.4, 0.5) is 0 Å². The van der Waals surface area contributed by atoms with E-state index in [0.717, 1.165) is 0 Å². The van der Waals surface area contributed by atoms with Gasteiger partial charge in [0.2, 0.25) is 5.91 Å². The summed E-state index contributed by atoms with van der Waals surface area (Å²) in [6, 6.07) is 4.85. The molecule has 3 aliphatic heterocycles. The number of phenols is 1.